The highest BCUT2D eigenvalue weighted by atomic mass is 32.2. The van der Waals surface area contributed by atoms with Gasteiger partial charge < -0.3 is 14.6 Å². The minimum atomic E-state index is -4.24. The molecule has 0 aliphatic carbocycles. The molecular weight excluding hydrogens is 388 g/mol. The Hall–Kier alpha value is -2.49. The van der Waals surface area contributed by atoms with Crippen molar-refractivity contribution in [3.8, 4) is 0 Å². The van der Waals surface area contributed by atoms with Crippen molar-refractivity contribution in [1.29, 1.82) is 0 Å². The van der Waals surface area contributed by atoms with Crippen LogP contribution in [0.3, 0.4) is 0 Å². The van der Waals surface area contributed by atoms with Crippen molar-refractivity contribution >= 4 is 22.1 Å². The molecule has 0 spiro atoms. The summed E-state index contributed by atoms with van der Waals surface area (Å²) in [6.07, 6.45) is 0.936. The van der Waals surface area contributed by atoms with Gasteiger partial charge in [0.25, 0.3) is 10.1 Å². The fourth-order valence-electron chi connectivity index (χ4n) is 1.95. The van der Waals surface area contributed by atoms with Crippen LogP contribution in [0.25, 0.3) is 0 Å². The highest BCUT2D eigenvalue weighted by Crippen LogP contribution is 2.18. The number of carbonyl (C=O) groups is 2. The normalized spacial score (nSPS) is 14.1. The van der Waals surface area contributed by atoms with E-state index in [2.05, 4.69) is 0 Å². The molecule has 0 saturated heterocycles. The Kier molecular flexibility index (Phi) is 9.57. The van der Waals surface area contributed by atoms with Crippen LogP contribution < -0.4 is 0 Å². The molecule has 0 heterocycles. The van der Waals surface area contributed by atoms with Crippen molar-refractivity contribution in [2.75, 3.05) is 13.2 Å². The van der Waals surface area contributed by atoms with Crippen molar-refractivity contribution < 1.29 is 36.8 Å². The summed E-state index contributed by atoms with van der Waals surface area (Å²) < 4.78 is 39.4. The zero-order valence-corrected chi connectivity index (χ0v) is 16.7. The van der Waals surface area contributed by atoms with Gasteiger partial charge in [0.05, 0.1) is 18.1 Å². The third kappa shape index (κ3) is 8.03. The second-order valence-corrected chi connectivity index (χ2v) is 7.11. The lowest BCUT2D eigenvalue weighted by Crippen LogP contribution is -2.29. The largest absolute Gasteiger partial charge is 0.463 e. The zero-order valence-electron chi connectivity index (χ0n) is 15.9. The molecule has 0 aliphatic heterocycles. The average Bonchev–Trinajstić information content (AvgIpc) is 2.64. The molecule has 1 aromatic rings. The molecule has 2 atom stereocenters. The van der Waals surface area contributed by atoms with Gasteiger partial charge in [-0.25, -0.2) is 9.59 Å². The maximum Gasteiger partial charge on any atom is 0.330 e. The van der Waals surface area contributed by atoms with Crippen LogP contribution >= 0.6 is 0 Å². The maximum atomic E-state index is 12.5. The van der Waals surface area contributed by atoms with Crippen molar-refractivity contribution in [2.24, 2.45) is 0 Å². The number of hydrogen-bond acceptors (Lipinski definition) is 8. The second kappa shape index (κ2) is 11.4. The van der Waals surface area contributed by atoms with Crippen LogP contribution in [0.1, 0.15) is 19.4 Å². The van der Waals surface area contributed by atoms with Crippen LogP contribution in [0.2, 0.25) is 0 Å². The monoisotopic (exact) mass is 412 g/mol. The van der Waals surface area contributed by atoms with Gasteiger partial charge in [-0.3, -0.25) is 4.18 Å². The minimum absolute atomic E-state index is 0.116. The maximum absolute atomic E-state index is 12.5. The molecule has 0 radical (unpaired) electrons. The molecular formula is C19H24O8S. The first-order valence-electron chi connectivity index (χ1n) is 8.57. The molecule has 1 aromatic carbocycles. The van der Waals surface area contributed by atoms with Crippen molar-refractivity contribution in [1.82, 2.24) is 0 Å². The Balaban J connectivity index is 3.06. The molecule has 28 heavy (non-hydrogen) atoms. The molecule has 0 saturated carbocycles. The zero-order chi connectivity index (χ0) is 21.2. The number of rotatable bonds is 10. The first-order valence-corrected chi connectivity index (χ1v) is 9.98. The van der Waals surface area contributed by atoms with E-state index in [0.29, 0.717) is 0 Å². The summed E-state index contributed by atoms with van der Waals surface area (Å²) in [6.45, 7) is 5.29. The standard InChI is InChI=1S/C19H24O8S/c1-4-25-18(21)12-10-16(20)17(11-13-19(22)26-5-2)27-28(23,24)15-8-6-14(3)7-9-15/h6-13,16-17,20H,4-5H2,1-3H3/b12-10+,13-11+/t16-,17-/m1/s1. The van der Waals surface area contributed by atoms with E-state index in [9.17, 15) is 23.1 Å². The van der Waals surface area contributed by atoms with Crippen LogP contribution in [0, 0.1) is 6.92 Å². The van der Waals surface area contributed by atoms with Gasteiger partial charge in [0, 0.05) is 12.2 Å². The lowest BCUT2D eigenvalue weighted by molar-refractivity contribution is -0.138. The highest BCUT2D eigenvalue weighted by Gasteiger charge is 2.25. The highest BCUT2D eigenvalue weighted by molar-refractivity contribution is 7.86. The molecule has 0 aliphatic rings. The van der Waals surface area contributed by atoms with Gasteiger partial charge in [-0.15, -0.1) is 0 Å². The number of benzene rings is 1. The fraction of sp³-hybridized carbons (Fsp3) is 0.368. The summed E-state index contributed by atoms with van der Waals surface area (Å²) in [7, 11) is -4.24. The summed E-state index contributed by atoms with van der Waals surface area (Å²) in [6, 6.07) is 5.91. The van der Waals surface area contributed by atoms with E-state index in [0.717, 1.165) is 29.9 Å². The SMILES string of the molecule is CCOC(=O)/C=C/[C@@H](O)[C@@H](/C=C/C(=O)OCC)OS(=O)(=O)c1ccc(C)cc1. The van der Waals surface area contributed by atoms with Crippen molar-refractivity contribution in [3.63, 3.8) is 0 Å². The van der Waals surface area contributed by atoms with Crippen LogP contribution in [-0.2, 0) is 33.4 Å². The number of carbonyl (C=O) groups excluding carboxylic acids is 2. The number of hydrogen-bond donors (Lipinski definition) is 1. The van der Waals surface area contributed by atoms with Gasteiger partial charge in [-0.2, -0.15) is 8.42 Å². The molecule has 0 aromatic heterocycles. The van der Waals surface area contributed by atoms with E-state index in [-0.39, 0.29) is 18.1 Å². The topological polar surface area (TPSA) is 116 Å². The van der Waals surface area contributed by atoms with E-state index >= 15 is 0 Å². The molecule has 8 nitrogen and oxygen atoms in total. The smallest absolute Gasteiger partial charge is 0.330 e. The van der Waals surface area contributed by atoms with E-state index in [1.165, 1.54) is 12.1 Å². The minimum Gasteiger partial charge on any atom is -0.463 e. The van der Waals surface area contributed by atoms with Gasteiger partial charge in [0.2, 0.25) is 0 Å². The number of aryl methyl sites for hydroxylation is 1. The summed E-state index contributed by atoms with van der Waals surface area (Å²) >= 11 is 0. The average molecular weight is 412 g/mol. The molecule has 1 N–H and O–H groups in total. The predicted molar refractivity (Wildman–Crippen MR) is 101 cm³/mol. The molecule has 1 rings (SSSR count). The van der Waals surface area contributed by atoms with Crippen LogP contribution in [0.15, 0.2) is 53.5 Å². The lowest BCUT2D eigenvalue weighted by Gasteiger charge is -2.17. The third-order valence-corrected chi connectivity index (χ3v) is 4.63. The Morgan fingerprint density at radius 1 is 1.00 bits per heavy atom. The Morgan fingerprint density at radius 3 is 2.00 bits per heavy atom. The Bertz CT molecular complexity index is 809. The van der Waals surface area contributed by atoms with Crippen LogP contribution in [-0.4, -0.2) is 50.9 Å². The summed E-state index contributed by atoms with van der Waals surface area (Å²) in [5.41, 5.74) is 0.857. The molecule has 0 bridgehead atoms. The molecule has 154 valence electrons. The number of aliphatic hydroxyl groups is 1. The predicted octanol–water partition coefficient (Wildman–Crippen LogP) is 1.67. The van der Waals surface area contributed by atoms with Crippen LogP contribution in [0.5, 0.6) is 0 Å². The first-order chi connectivity index (χ1) is 13.2. The Morgan fingerprint density at radius 2 is 1.50 bits per heavy atom. The van der Waals surface area contributed by atoms with Gasteiger partial charge in [-0.05, 0) is 45.1 Å². The van der Waals surface area contributed by atoms with E-state index in [1.807, 2.05) is 0 Å². The van der Waals surface area contributed by atoms with Crippen molar-refractivity contribution in [2.45, 2.75) is 37.9 Å². The van der Waals surface area contributed by atoms with E-state index in [4.69, 9.17) is 13.7 Å². The molecule has 0 amide bonds. The summed E-state index contributed by atoms with van der Waals surface area (Å²) in [4.78, 5) is 22.8. The van der Waals surface area contributed by atoms with Gasteiger partial charge in [0.1, 0.15) is 12.2 Å². The molecule has 0 fully saturated rings. The molecule has 0 unspecified atom stereocenters. The summed E-state index contributed by atoms with van der Waals surface area (Å²) in [5, 5.41) is 10.2. The lowest BCUT2D eigenvalue weighted by atomic mass is 10.2. The number of aliphatic hydroxyl groups excluding tert-OH is 1. The fourth-order valence-corrected chi connectivity index (χ4v) is 3.00. The molecule has 9 heteroatoms. The van der Waals surface area contributed by atoms with E-state index < -0.39 is 34.3 Å². The second-order valence-electron chi connectivity index (χ2n) is 5.54. The quantitative estimate of drug-likeness (QED) is 0.350. The number of esters is 2. The third-order valence-electron chi connectivity index (χ3n) is 3.31. The Labute approximate surface area is 164 Å². The van der Waals surface area contributed by atoms with Gasteiger partial charge >= 0.3 is 11.9 Å². The summed E-state index contributed by atoms with van der Waals surface area (Å²) in [5.74, 6) is -1.44. The number of ether oxygens (including phenoxy) is 2. The first kappa shape index (κ1) is 23.5. The van der Waals surface area contributed by atoms with Gasteiger partial charge in [-0.1, -0.05) is 17.7 Å². The van der Waals surface area contributed by atoms with Crippen LogP contribution in [0.4, 0.5) is 0 Å². The van der Waals surface area contributed by atoms with E-state index in [1.54, 1.807) is 32.9 Å². The van der Waals surface area contributed by atoms with Gasteiger partial charge in [0.15, 0.2) is 0 Å². The van der Waals surface area contributed by atoms with Crippen molar-refractivity contribution in [3.05, 3.63) is 54.1 Å².